The molecule has 1 fully saturated rings. The molecule has 2 rings (SSSR count). The van der Waals surface area contributed by atoms with Crippen LogP contribution in [-0.2, 0) is 6.54 Å². The Bertz CT molecular complexity index is 394. The fourth-order valence-electron chi connectivity index (χ4n) is 2.10. The maximum absolute atomic E-state index is 5.75. The summed E-state index contributed by atoms with van der Waals surface area (Å²) < 4.78 is 5.75. The highest BCUT2D eigenvalue weighted by atomic mass is 16.5. The lowest BCUT2D eigenvalue weighted by molar-refractivity contribution is 0.217. The first-order valence-corrected chi connectivity index (χ1v) is 7.37. The van der Waals surface area contributed by atoms with Gasteiger partial charge in [-0.05, 0) is 39.2 Å². The third-order valence-electron chi connectivity index (χ3n) is 3.58. The van der Waals surface area contributed by atoms with Gasteiger partial charge in [-0.15, -0.1) is 0 Å². The first-order valence-electron chi connectivity index (χ1n) is 7.37. The summed E-state index contributed by atoms with van der Waals surface area (Å²) in [6.45, 7) is 8.06. The molecule has 0 aromatic carbocycles. The van der Waals surface area contributed by atoms with Crippen molar-refractivity contribution in [2.24, 2.45) is 5.92 Å². The zero-order chi connectivity index (χ0) is 13.7. The van der Waals surface area contributed by atoms with Gasteiger partial charge in [0.25, 0.3) is 0 Å². The molecular formula is C16H26N2O. The molecular weight excluding hydrogens is 236 g/mol. The number of nitrogens with one attached hydrogen (secondary N) is 1. The highest BCUT2D eigenvalue weighted by Gasteiger charge is 2.17. The van der Waals surface area contributed by atoms with Gasteiger partial charge in [0.05, 0.1) is 12.3 Å². The first kappa shape index (κ1) is 14.3. The highest BCUT2D eigenvalue weighted by molar-refractivity contribution is 5.15. The van der Waals surface area contributed by atoms with Crippen molar-refractivity contribution in [1.82, 2.24) is 10.3 Å². The van der Waals surface area contributed by atoms with E-state index in [2.05, 4.69) is 31.1 Å². The van der Waals surface area contributed by atoms with Crippen LogP contribution < -0.4 is 10.1 Å². The molecule has 0 radical (unpaired) electrons. The van der Waals surface area contributed by atoms with E-state index in [1.165, 1.54) is 25.7 Å². The van der Waals surface area contributed by atoms with Gasteiger partial charge in [0.15, 0.2) is 0 Å². The van der Waals surface area contributed by atoms with Gasteiger partial charge in [-0.1, -0.05) is 25.3 Å². The van der Waals surface area contributed by atoms with E-state index in [-0.39, 0.29) is 5.54 Å². The highest BCUT2D eigenvalue weighted by Crippen LogP contribution is 2.29. The van der Waals surface area contributed by atoms with Crippen molar-refractivity contribution in [2.75, 3.05) is 6.61 Å². The molecule has 1 heterocycles. The Labute approximate surface area is 116 Å². The van der Waals surface area contributed by atoms with E-state index in [4.69, 9.17) is 4.74 Å². The van der Waals surface area contributed by atoms with Crippen LogP contribution in [0.3, 0.4) is 0 Å². The second kappa shape index (κ2) is 6.38. The summed E-state index contributed by atoms with van der Waals surface area (Å²) in [7, 11) is 0. The topological polar surface area (TPSA) is 34.1 Å². The molecule has 1 saturated carbocycles. The smallest absolute Gasteiger partial charge is 0.213 e. The van der Waals surface area contributed by atoms with Gasteiger partial charge >= 0.3 is 0 Å². The zero-order valence-corrected chi connectivity index (χ0v) is 12.4. The molecule has 0 saturated heterocycles. The first-order chi connectivity index (χ1) is 9.03. The monoisotopic (exact) mass is 262 g/mol. The van der Waals surface area contributed by atoms with E-state index >= 15 is 0 Å². The number of hydrogen-bond acceptors (Lipinski definition) is 3. The molecule has 0 unspecified atom stereocenters. The van der Waals surface area contributed by atoms with Gasteiger partial charge in [0, 0.05) is 18.2 Å². The normalized spacial score (nSPS) is 16.2. The van der Waals surface area contributed by atoms with Crippen molar-refractivity contribution >= 4 is 0 Å². The average Bonchev–Trinajstić information content (AvgIpc) is 2.30. The van der Waals surface area contributed by atoms with E-state index in [1.54, 1.807) is 0 Å². The van der Waals surface area contributed by atoms with Crippen LogP contribution in [0.4, 0.5) is 0 Å². The minimum absolute atomic E-state index is 0.114. The minimum atomic E-state index is 0.114. The predicted octanol–water partition coefficient (Wildman–Crippen LogP) is 3.54. The molecule has 19 heavy (non-hydrogen) atoms. The molecule has 3 heteroatoms. The largest absolute Gasteiger partial charge is 0.478 e. The standard InChI is InChI=1S/C16H26N2O/c1-16(2,3)17-12-14-8-5-9-15(18-14)19-11-10-13-6-4-7-13/h5,8-9,13,17H,4,6-7,10-12H2,1-3H3. The van der Waals surface area contributed by atoms with Gasteiger partial charge in [-0.25, -0.2) is 4.98 Å². The third kappa shape index (κ3) is 5.19. The summed E-state index contributed by atoms with van der Waals surface area (Å²) >= 11 is 0. The van der Waals surface area contributed by atoms with Crippen molar-refractivity contribution in [2.45, 2.75) is 58.5 Å². The molecule has 1 aromatic rings. The number of hydrogen-bond donors (Lipinski definition) is 1. The Morgan fingerprint density at radius 1 is 1.32 bits per heavy atom. The molecule has 0 amide bonds. The molecule has 0 bridgehead atoms. The summed E-state index contributed by atoms with van der Waals surface area (Å²) in [6, 6.07) is 6.00. The van der Waals surface area contributed by atoms with Crippen LogP contribution in [0.1, 0.15) is 52.1 Å². The summed E-state index contributed by atoms with van der Waals surface area (Å²) in [4.78, 5) is 4.53. The summed E-state index contributed by atoms with van der Waals surface area (Å²) in [6.07, 6.45) is 5.34. The number of pyridine rings is 1. The van der Waals surface area contributed by atoms with Crippen molar-refractivity contribution < 1.29 is 4.74 Å². The molecule has 1 aliphatic rings. The number of ether oxygens (including phenoxy) is 1. The van der Waals surface area contributed by atoms with Crippen molar-refractivity contribution in [3.8, 4) is 5.88 Å². The Hall–Kier alpha value is -1.09. The number of aromatic nitrogens is 1. The molecule has 3 nitrogen and oxygen atoms in total. The Morgan fingerprint density at radius 3 is 2.74 bits per heavy atom. The molecule has 0 atom stereocenters. The van der Waals surface area contributed by atoms with Crippen LogP contribution in [0.25, 0.3) is 0 Å². The van der Waals surface area contributed by atoms with Crippen LogP contribution in [0, 0.1) is 5.92 Å². The van der Waals surface area contributed by atoms with Gasteiger partial charge in [0.2, 0.25) is 5.88 Å². The van der Waals surface area contributed by atoms with Crippen molar-refractivity contribution in [3.63, 3.8) is 0 Å². The maximum atomic E-state index is 5.75. The summed E-state index contributed by atoms with van der Waals surface area (Å²) in [5, 5.41) is 3.44. The van der Waals surface area contributed by atoms with Crippen LogP contribution in [0.2, 0.25) is 0 Å². The van der Waals surface area contributed by atoms with Gasteiger partial charge in [-0.2, -0.15) is 0 Å². The van der Waals surface area contributed by atoms with Crippen molar-refractivity contribution in [1.29, 1.82) is 0 Å². The van der Waals surface area contributed by atoms with E-state index < -0.39 is 0 Å². The van der Waals surface area contributed by atoms with E-state index in [1.807, 2.05) is 18.2 Å². The Balaban J connectivity index is 1.77. The maximum Gasteiger partial charge on any atom is 0.213 e. The van der Waals surface area contributed by atoms with Gasteiger partial charge < -0.3 is 10.1 Å². The van der Waals surface area contributed by atoms with Crippen LogP contribution in [0.15, 0.2) is 18.2 Å². The zero-order valence-electron chi connectivity index (χ0n) is 12.4. The molecule has 1 aliphatic carbocycles. The summed E-state index contributed by atoms with van der Waals surface area (Å²) in [5.41, 5.74) is 1.15. The number of nitrogens with zero attached hydrogens (tertiary/aromatic N) is 1. The quantitative estimate of drug-likeness (QED) is 0.851. The summed E-state index contributed by atoms with van der Waals surface area (Å²) in [5.74, 6) is 1.65. The third-order valence-corrected chi connectivity index (χ3v) is 3.58. The Kier molecular flexibility index (Phi) is 4.81. The van der Waals surface area contributed by atoms with Crippen molar-refractivity contribution in [3.05, 3.63) is 23.9 Å². The molecule has 106 valence electrons. The van der Waals surface area contributed by atoms with Gasteiger partial charge in [-0.3, -0.25) is 0 Å². The SMILES string of the molecule is CC(C)(C)NCc1cccc(OCCC2CCC2)n1. The van der Waals surface area contributed by atoms with E-state index in [0.717, 1.165) is 30.6 Å². The molecule has 1 N–H and O–H groups in total. The molecule has 1 aromatic heterocycles. The fourth-order valence-corrected chi connectivity index (χ4v) is 2.10. The van der Waals surface area contributed by atoms with Crippen LogP contribution >= 0.6 is 0 Å². The predicted molar refractivity (Wildman–Crippen MR) is 78.3 cm³/mol. The molecule has 0 spiro atoms. The van der Waals surface area contributed by atoms with Crippen LogP contribution in [0.5, 0.6) is 5.88 Å². The Morgan fingerprint density at radius 2 is 2.11 bits per heavy atom. The number of rotatable bonds is 6. The second-order valence-corrected chi connectivity index (χ2v) is 6.50. The van der Waals surface area contributed by atoms with E-state index in [9.17, 15) is 0 Å². The molecule has 0 aliphatic heterocycles. The van der Waals surface area contributed by atoms with E-state index in [0.29, 0.717) is 0 Å². The second-order valence-electron chi connectivity index (χ2n) is 6.50. The lowest BCUT2D eigenvalue weighted by atomic mass is 9.83. The van der Waals surface area contributed by atoms with Gasteiger partial charge in [0.1, 0.15) is 0 Å². The minimum Gasteiger partial charge on any atom is -0.478 e. The van der Waals surface area contributed by atoms with Crippen LogP contribution in [-0.4, -0.2) is 17.1 Å². The lowest BCUT2D eigenvalue weighted by Gasteiger charge is -2.24. The fraction of sp³-hybridized carbons (Fsp3) is 0.688. The lowest BCUT2D eigenvalue weighted by Crippen LogP contribution is -2.35. The average molecular weight is 262 g/mol.